The average molecular weight is 572 g/mol. The predicted octanol–water partition coefficient (Wildman–Crippen LogP) is 5.84. The number of benzene rings is 2. The first-order valence-corrected chi connectivity index (χ1v) is 13.4. The molecule has 1 saturated heterocycles. The van der Waals surface area contributed by atoms with Crippen LogP contribution in [0.25, 0.3) is 22.3 Å². The van der Waals surface area contributed by atoms with Crippen LogP contribution in [-0.2, 0) is 16.7 Å². The number of likely N-dealkylation sites (tertiary alicyclic amines) is 1. The van der Waals surface area contributed by atoms with E-state index in [-0.39, 0.29) is 17.6 Å². The molecule has 1 aliphatic rings. The third-order valence-electron chi connectivity index (χ3n) is 6.63. The Balaban J connectivity index is 1.34. The van der Waals surface area contributed by atoms with Gasteiger partial charge in [-0.3, -0.25) is 4.79 Å². The first kappa shape index (κ1) is 27.4. The van der Waals surface area contributed by atoms with Crippen molar-refractivity contribution in [1.29, 1.82) is 0 Å². The Morgan fingerprint density at radius 3 is 2.70 bits per heavy atom. The summed E-state index contributed by atoms with van der Waals surface area (Å²) in [6.07, 6.45) is -0.305. The first-order valence-electron chi connectivity index (χ1n) is 12.4. The Kier molecular flexibility index (Phi) is 7.66. The van der Waals surface area contributed by atoms with Gasteiger partial charge in [-0.15, -0.1) is 0 Å². The molecule has 0 spiro atoms. The lowest BCUT2D eigenvalue weighted by atomic mass is 10.1. The summed E-state index contributed by atoms with van der Waals surface area (Å²) in [7, 11) is 0. The molecule has 208 valence electrons. The standard InChI is InChI=1S/C27H25F4N7OS/c1-2-22(39)37-9-3-4-21(13-37)38-26-23(25(32)33-15-34-26)24(35-38)17-7-5-16(6-8-17)14-40-36-20-11-18(27(29,30)31)10-19(28)12-20/h2,5-8,10-12,15,21,36H,1,3-4,9,13-14H2,(H2,32,33,34). The van der Waals surface area contributed by atoms with Crippen molar-refractivity contribution in [1.82, 2.24) is 24.6 Å². The Morgan fingerprint density at radius 2 is 1.98 bits per heavy atom. The lowest BCUT2D eigenvalue weighted by Crippen LogP contribution is -2.40. The molecule has 13 heteroatoms. The maximum atomic E-state index is 13.6. The maximum Gasteiger partial charge on any atom is 0.416 e. The van der Waals surface area contributed by atoms with E-state index in [1.54, 1.807) is 4.90 Å². The molecular formula is C27H25F4N7OS. The summed E-state index contributed by atoms with van der Waals surface area (Å²) in [5.41, 5.74) is 8.07. The van der Waals surface area contributed by atoms with E-state index in [0.717, 1.165) is 48.0 Å². The number of rotatable bonds is 7. The Morgan fingerprint density at radius 1 is 1.20 bits per heavy atom. The quantitative estimate of drug-likeness (QED) is 0.163. The van der Waals surface area contributed by atoms with Crippen molar-refractivity contribution in [3.05, 3.63) is 78.4 Å². The largest absolute Gasteiger partial charge is 0.416 e. The van der Waals surface area contributed by atoms with Gasteiger partial charge >= 0.3 is 6.18 Å². The van der Waals surface area contributed by atoms with E-state index in [2.05, 4.69) is 21.3 Å². The summed E-state index contributed by atoms with van der Waals surface area (Å²) in [4.78, 5) is 22.5. The molecule has 2 aromatic heterocycles. The zero-order valence-corrected chi connectivity index (χ0v) is 22.0. The van der Waals surface area contributed by atoms with Gasteiger partial charge in [-0.2, -0.15) is 18.3 Å². The Labute approximate surface area is 231 Å². The van der Waals surface area contributed by atoms with Crippen molar-refractivity contribution in [2.75, 3.05) is 23.5 Å². The van der Waals surface area contributed by atoms with E-state index in [1.165, 1.54) is 12.4 Å². The van der Waals surface area contributed by atoms with Crippen molar-refractivity contribution >= 4 is 40.4 Å². The highest BCUT2D eigenvalue weighted by Gasteiger charge is 2.31. The second-order valence-electron chi connectivity index (χ2n) is 9.35. The number of hydrogen-bond acceptors (Lipinski definition) is 7. The normalized spacial score (nSPS) is 15.8. The third kappa shape index (κ3) is 5.74. The SMILES string of the molecule is C=CC(=O)N1CCCC(n2nc(-c3ccc(CSNc4cc(F)cc(C(F)(F)F)c4)cc3)c3c(N)ncnc32)C1. The van der Waals surface area contributed by atoms with Crippen LogP contribution in [0.2, 0.25) is 0 Å². The highest BCUT2D eigenvalue weighted by Crippen LogP contribution is 2.35. The molecule has 1 amide bonds. The van der Waals surface area contributed by atoms with Gasteiger partial charge in [0.25, 0.3) is 0 Å². The fraction of sp³-hybridized carbons (Fsp3) is 0.259. The molecule has 4 aromatic rings. The van der Waals surface area contributed by atoms with Crippen molar-refractivity contribution < 1.29 is 22.4 Å². The smallest absolute Gasteiger partial charge is 0.383 e. The lowest BCUT2D eigenvalue weighted by molar-refractivity contribution is -0.137. The van der Waals surface area contributed by atoms with Crippen molar-refractivity contribution in [3.8, 4) is 11.3 Å². The topological polar surface area (TPSA) is 102 Å². The molecule has 3 N–H and O–H groups in total. The van der Waals surface area contributed by atoms with Gasteiger partial charge in [0.2, 0.25) is 5.91 Å². The van der Waals surface area contributed by atoms with Crippen LogP contribution in [0.3, 0.4) is 0 Å². The minimum Gasteiger partial charge on any atom is -0.383 e. The number of nitrogens with zero attached hydrogens (tertiary/aromatic N) is 5. The number of nitrogen functional groups attached to an aromatic ring is 1. The molecule has 3 heterocycles. The molecule has 2 aromatic carbocycles. The summed E-state index contributed by atoms with van der Waals surface area (Å²) in [5.74, 6) is -0.395. The van der Waals surface area contributed by atoms with E-state index in [9.17, 15) is 22.4 Å². The number of carbonyl (C=O) groups is 1. The second-order valence-corrected chi connectivity index (χ2v) is 10.1. The highest BCUT2D eigenvalue weighted by atomic mass is 32.2. The van der Waals surface area contributed by atoms with Crippen LogP contribution in [0.15, 0.2) is 61.4 Å². The Hall–Kier alpha value is -4.13. The van der Waals surface area contributed by atoms with Gasteiger partial charge in [0, 0.05) is 30.1 Å². The van der Waals surface area contributed by atoms with E-state index in [4.69, 9.17) is 10.8 Å². The number of hydrogen-bond donors (Lipinski definition) is 2. The molecule has 8 nitrogen and oxygen atoms in total. The molecule has 0 aliphatic carbocycles. The average Bonchev–Trinajstić information content (AvgIpc) is 3.33. The summed E-state index contributed by atoms with van der Waals surface area (Å²) >= 11 is 1.14. The molecule has 1 aliphatic heterocycles. The number of nitrogens with two attached hydrogens (primary N) is 1. The van der Waals surface area contributed by atoms with Crippen molar-refractivity contribution in [2.45, 2.75) is 30.8 Å². The van der Waals surface area contributed by atoms with Crippen molar-refractivity contribution in [2.24, 2.45) is 0 Å². The molecule has 0 saturated carbocycles. The fourth-order valence-electron chi connectivity index (χ4n) is 4.71. The number of nitrogens with one attached hydrogen (secondary N) is 1. The fourth-order valence-corrected chi connectivity index (χ4v) is 5.43. The van der Waals surface area contributed by atoms with E-state index >= 15 is 0 Å². The summed E-state index contributed by atoms with van der Waals surface area (Å²) in [6, 6.07) is 9.72. The molecule has 5 rings (SSSR count). The Bertz CT molecular complexity index is 1560. The van der Waals surface area contributed by atoms with Gasteiger partial charge in [0.15, 0.2) is 5.65 Å². The summed E-state index contributed by atoms with van der Waals surface area (Å²) in [6.45, 7) is 4.71. The van der Waals surface area contributed by atoms with Crippen LogP contribution in [0, 0.1) is 5.82 Å². The minimum atomic E-state index is -4.63. The van der Waals surface area contributed by atoms with Gasteiger partial charge in [-0.25, -0.2) is 19.0 Å². The molecule has 1 fully saturated rings. The van der Waals surface area contributed by atoms with Crippen LogP contribution >= 0.6 is 11.9 Å². The van der Waals surface area contributed by atoms with Gasteiger partial charge in [0.05, 0.1) is 17.0 Å². The van der Waals surface area contributed by atoms with Gasteiger partial charge in [-0.05, 0) is 54.6 Å². The first-order chi connectivity index (χ1) is 19.1. The van der Waals surface area contributed by atoms with Crippen LogP contribution in [0.1, 0.15) is 30.0 Å². The van der Waals surface area contributed by atoms with E-state index in [1.807, 2.05) is 28.9 Å². The second kappa shape index (κ2) is 11.2. The van der Waals surface area contributed by atoms with Gasteiger partial charge in [-0.1, -0.05) is 30.8 Å². The molecule has 1 unspecified atom stereocenters. The summed E-state index contributed by atoms with van der Waals surface area (Å²) in [5, 5.41) is 5.47. The van der Waals surface area contributed by atoms with Crippen LogP contribution < -0.4 is 10.5 Å². The van der Waals surface area contributed by atoms with E-state index in [0.29, 0.717) is 47.5 Å². The number of piperidine rings is 1. The number of amides is 1. The number of anilines is 2. The third-order valence-corrected chi connectivity index (χ3v) is 7.49. The van der Waals surface area contributed by atoms with Crippen LogP contribution in [0.4, 0.5) is 29.1 Å². The monoisotopic (exact) mass is 571 g/mol. The zero-order chi connectivity index (χ0) is 28.4. The number of carbonyl (C=O) groups excluding carboxylic acids is 1. The lowest BCUT2D eigenvalue weighted by Gasteiger charge is -2.32. The number of fused-ring (bicyclic) bond motifs is 1. The predicted molar refractivity (Wildman–Crippen MR) is 147 cm³/mol. The maximum absolute atomic E-state index is 13.6. The summed E-state index contributed by atoms with van der Waals surface area (Å²) < 4.78 is 57.1. The number of alkyl halides is 3. The zero-order valence-electron chi connectivity index (χ0n) is 21.2. The molecule has 0 radical (unpaired) electrons. The number of halogens is 4. The van der Waals surface area contributed by atoms with Gasteiger partial charge in [0.1, 0.15) is 23.7 Å². The molecule has 0 bridgehead atoms. The minimum absolute atomic E-state index is 0.0255. The van der Waals surface area contributed by atoms with Crippen LogP contribution in [-0.4, -0.2) is 43.6 Å². The molecule has 40 heavy (non-hydrogen) atoms. The highest BCUT2D eigenvalue weighted by molar-refractivity contribution is 7.99. The molecular weight excluding hydrogens is 546 g/mol. The molecule has 1 atom stereocenters. The van der Waals surface area contributed by atoms with Crippen LogP contribution in [0.5, 0.6) is 0 Å². The van der Waals surface area contributed by atoms with E-state index < -0.39 is 17.6 Å². The van der Waals surface area contributed by atoms with Crippen molar-refractivity contribution in [3.63, 3.8) is 0 Å². The van der Waals surface area contributed by atoms with Gasteiger partial charge < -0.3 is 15.4 Å². The number of aromatic nitrogens is 4.